The van der Waals surface area contributed by atoms with Gasteiger partial charge in [0.1, 0.15) is 0 Å². The smallest absolute Gasteiger partial charge is 0.0546 e. The van der Waals surface area contributed by atoms with Gasteiger partial charge in [0.15, 0.2) is 0 Å². The monoisotopic (exact) mass is 477 g/mol. The van der Waals surface area contributed by atoms with Crippen molar-refractivity contribution in [1.82, 2.24) is 0 Å². The van der Waals surface area contributed by atoms with Gasteiger partial charge in [0.25, 0.3) is 0 Å². The predicted molar refractivity (Wildman–Crippen MR) is 157 cm³/mol. The standard InChI is InChI=1S/C34H23NS/c1-3-13-27(14-4-1)35(28-15-5-2-6-16-28)32-22-25-12-8-7-11-24(25)21-31(32)26-19-20-30-29-17-9-10-18-33(29)36-34(30)23-26/h1-23H. The van der Waals surface area contributed by atoms with Gasteiger partial charge in [-0.2, -0.15) is 0 Å². The van der Waals surface area contributed by atoms with E-state index in [1.807, 2.05) is 11.3 Å². The molecule has 170 valence electrons. The zero-order chi connectivity index (χ0) is 23.9. The van der Waals surface area contributed by atoms with E-state index in [4.69, 9.17) is 0 Å². The molecular weight excluding hydrogens is 454 g/mol. The van der Waals surface area contributed by atoms with Crippen LogP contribution in [-0.4, -0.2) is 0 Å². The van der Waals surface area contributed by atoms with Gasteiger partial charge < -0.3 is 4.90 Å². The van der Waals surface area contributed by atoms with E-state index in [9.17, 15) is 0 Å². The molecule has 0 saturated heterocycles. The van der Waals surface area contributed by atoms with E-state index in [0.717, 1.165) is 11.4 Å². The molecule has 6 aromatic carbocycles. The summed E-state index contributed by atoms with van der Waals surface area (Å²) in [6, 6.07) is 50.2. The van der Waals surface area contributed by atoms with Crippen molar-refractivity contribution in [3.05, 3.63) is 140 Å². The van der Waals surface area contributed by atoms with Crippen LogP contribution in [0.3, 0.4) is 0 Å². The summed E-state index contributed by atoms with van der Waals surface area (Å²) in [6.07, 6.45) is 0. The van der Waals surface area contributed by atoms with Crippen molar-refractivity contribution >= 4 is 59.3 Å². The number of benzene rings is 6. The molecule has 1 aromatic heterocycles. The number of rotatable bonds is 4. The van der Waals surface area contributed by atoms with Crippen molar-refractivity contribution in [3.63, 3.8) is 0 Å². The number of hydrogen-bond acceptors (Lipinski definition) is 2. The van der Waals surface area contributed by atoms with Crippen LogP contribution in [0.25, 0.3) is 42.1 Å². The first-order valence-corrected chi connectivity index (χ1v) is 13.0. The lowest BCUT2D eigenvalue weighted by molar-refractivity contribution is 1.29. The summed E-state index contributed by atoms with van der Waals surface area (Å²) in [6.45, 7) is 0. The topological polar surface area (TPSA) is 3.24 Å². The molecule has 0 spiro atoms. The minimum atomic E-state index is 1.14. The van der Waals surface area contributed by atoms with E-state index in [0.29, 0.717) is 0 Å². The minimum absolute atomic E-state index is 1.14. The van der Waals surface area contributed by atoms with Crippen molar-refractivity contribution in [1.29, 1.82) is 0 Å². The normalized spacial score (nSPS) is 11.3. The van der Waals surface area contributed by atoms with Crippen LogP contribution in [0.2, 0.25) is 0 Å². The Labute approximate surface area is 214 Å². The highest BCUT2D eigenvalue weighted by atomic mass is 32.1. The van der Waals surface area contributed by atoms with E-state index in [2.05, 4.69) is 144 Å². The summed E-state index contributed by atoms with van der Waals surface area (Å²) in [5.74, 6) is 0. The van der Waals surface area contributed by atoms with E-state index >= 15 is 0 Å². The molecule has 36 heavy (non-hydrogen) atoms. The van der Waals surface area contributed by atoms with Crippen LogP contribution in [-0.2, 0) is 0 Å². The number of para-hydroxylation sites is 2. The van der Waals surface area contributed by atoms with Crippen molar-refractivity contribution < 1.29 is 0 Å². The second-order valence-electron chi connectivity index (χ2n) is 9.03. The Morgan fingerprint density at radius 2 is 1.03 bits per heavy atom. The molecule has 0 aliphatic rings. The molecule has 2 heteroatoms. The van der Waals surface area contributed by atoms with Crippen LogP contribution in [0, 0.1) is 0 Å². The fourth-order valence-electron chi connectivity index (χ4n) is 5.12. The van der Waals surface area contributed by atoms with Crippen molar-refractivity contribution in [3.8, 4) is 11.1 Å². The molecular formula is C34H23NS. The molecule has 0 amide bonds. The Hall–Kier alpha value is -4.40. The number of nitrogens with zero attached hydrogens (tertiary/aromatic N) is 1. The van der Waals surface area contributed by atoms with Gasteiger partial charge in [-0.3, -0.25) is 0 Å². The molecule has 0 radical (unpaired) electrons. The fourth-order valence-corrected chi connectivity index (χ4v) is 6.26. The largest absolute Gasteiger partial charge is 0.310 e. The first kappa shape index (κ1) is 20.9. The molecule has 1 heterocycles. The second-order valence-corrected chi connectivity index (χ2v) is 10.1. The molecule has 0 N–H and O–H groups in total. The summed E-state index contributed by atoms with van der Waals surface area (Å²) in [4.78, 5) is 2.37. The van der Waals surface area contributed by atoms with Gasteiger partial charge in [0, 0.05) is 37.1 Å². The molecule has 1 nitrogen and oxygen atoms in total. The maximum atomic E-state index is 2.37. The van der Waals surface area contributed by atoms with Gasteiger partial charge in [-0.05, 0) is 64.9 Å². The lowest BCUT2D eigenvalue weighted by Crippen LogP contribution is -2.11. The zero-order valence-corrected chi connectivity index (χ0v) is 20.5. The third kappa shape index (κ3) is 3.55. The van der Waals surface area contributed by atoms with Crippen molar-refractivity contribution in [2.75, 3.05) is 4.90 Å². The Balaban J connectivity index is 1.52. The summed E-state index contributed by atoms with van der Waals surface area (Å²) in [5, 5.41) is 5.13. The Bertz CT molecular complexity index is 1790. The molecule has 0 aliphatic carbocycles. The molecule has 7 aromatic rings. The molecule has 0 atom stereocenters. The van der Waals surface area contributed by atoms with Crippen LogP contribution in [0.1, 0.15) is 0 Å². The average molecular weight is 478 g/mol. The maximum absolute atomic E-state index is 2.37. The second kappa shape index (κ2) is 8.67. The predicted octanol–water partition coefficient (Wildman–Crippen LogP) is 10.3. The Morgan fingerprint density at radius 3 is 1.75 bits per heavy atom. The highest BCUT2D eigenvalue weighted by Crippen LogP contribution is 2.44. The third-order valence-electron chi connectivity index (χ3n) is 6.82. The molecule has 0 aliphatic heterocycles. The molecule has 0 unspecified atom stereocenters. The van der Waals surface area contributed by atoms with Crippen LogP contribution < -0.4 is 4.90 Å². The molecule has 7 rings (SSSR count). The SMILES string of the molecule is c1ccc(N(c2ccccc2)c2cc3ccccc3cc2-c2ccc3c(c2)sc2ccccc23)cc1. The lowest BCUT2D eigenvalue weighted by atomic mass is 9.96. The van der Waals surface area contributed by atoms with Crippen LogP contribution in [0.5, 0.6) is 0 Å². The van der Waals surface area contributed by atoms with E-state index < -0.39 is 0 Å². The van der Waals surface area contributed by atoms with Crippen LogP contribution >= 0.6 is 11.3 Å². The van der Waals surface area contributed by atoms with Crippen molar-refractivity contribution in [2.24, 2.45) is 0 Å². The highest BCUT2D eigenvalue weighted by Gasteiger charge is 2.18. The van der Waals surface area contributed by atoms with Crippen LogP contribution in [0.4, 0.5) is 17.1 Å². The Morgan fingerprint density at radius 1 is 0.444 bits per heavy atom. The van der Waals surface area contributed by atoms with Gasteiger partial charge in [-0.1, -0.05) is 91.0 Å². The minimum Gasteiger partial charge on any atom is -0.310 e. The van der Waals surface area contributed by atoms with Crippen molar-refractivity contribution in [2.45, 2.75) is 0 Å². The summed E-state index contributed by atoms with van der Waals surface area (Å²) < 4.78 is 2.65. The average Bonchev–Trinajstić information content (AvgIpc) is 3.32. The number of anilines is 3. The lowest BCUT2D eigenvalue weighted by Gasteiger charge is -2.28. The number of hydrogen-bond donors (Lipinski definition) is 0. The maximum Gasteiger partial charge on any atom is 0.0546 e. The third-order valence-corrected chi connectivity index (χ3v) is 7.96. The molecule has 0 fully saturated rings. The van der Waals surface area contributed by atoms with Gasteiger partial charge in [0.05, 0.1) is 5.69 Å². The Kier molecular flexibility index (Phi) is 5.04. The number of fused-ring (bicyclic) bond motifs is 4. The van der Waals surface area contributed by atoms with Crippen LogP contribution in [0.15, 0.2) is 140 Å². The van der Waals surface area contributed by atoms with E-state index in [-0.39, 0.29) is 0 Å². The summed E-state index contributed by atoms with van der Waals surface area (Å²) in [7, 11) is 0. The summed E-state index contributed by atoms with van der Waals surface area (Å²) >= 11 is 1.87. The van der Waals surface area contributed by atoms with E-state index in [1.54, 1.807) is 0 Å². The molecule has 0 saturated carbocycles. The number of thiophene rings is 1. The van der Waals surface area contributed by atoms with E-state index in [1.165, 1.54) is 47.8 Å². The first-order valence-electron chi connectivity index (χ1n) is 12.2. The van der Waals surface area contributed by atoms with Gasteiger partial charge in [-0.25, -0.2) is 0 Å². The van der Waals surface area contributed by atoms with Gasteiger partial charge in [0.2, 0.25) is 0 Å². The zero-order valence-electron chi connectivity index (χ0n) is 19.6. The highest BCUT2D eigenvalue weighted by molar-refractivity contribution is 7.25. The summed E-state index contributed by atoms with van der Waals surface area (Å²) in [5.41, 5.74) is 5.91. The van der Waals surface area contributed by atoms with Gasteiger partial charge >= 0.3 is 0 Å². The fraction of sp³-hybridized carbons (Fsp3) is 0. The first-order chi connectivity index (χ1) is 17.8. The molecule has 0 bridgehead atoms. The quantitative estimate of drug-likeness (QED) is 0.244. The van der Waals surface area contributed by atoms with Gasteiger partial charge in [-0.15, -0.1) is 11.3 Å².